The van der Waals surface area contributed by atoms with Gasteiger partial charge in [0.2, 0.25) is 0 Å². The number of methoxy groups -OCH3 is 5. The molecule has 0 saturated heterocycles. The standard InChI is InChI=1S/C22H18N2O3.C19H20N2O3.C18H22N2O3.2C17H16N2O3/c1-26-18-13-11-16(12-14-18)15-27-22(25)24-20-10-6-5-9-19(20)23-21(24)17-7-3-2-4-8-17;1-12-9-17-18(10-13(12)2)21(14(3)20-17)19(22)24-11-15-5-7-16(23-4)8-6-15;1-22-16-9-7-14(8-10-16)13-23-18(21)20-12-11-19-17(20)15-5-3-2-4-6-15;1-12-3-8-16-15(9-12)18-11-19(16)17(20)22-10-13-4-6-14(21-2)7-5-13;1-12-18-15-5-3-4-6-16(15)19(12)17(20)22-11-13-7-9-14(21-2)10-8-13/h2-14H,15H2,1H3;5-10H,11H2,1-4H3;7-12,15H,2-6,13H2,1H3;3-9,11H,10H2,1-2H3;3-10H,11H2,1-2H3. The number of hydrogen-bond donors (Lipinski definition) is 0. The van der Waals surface area contributed by atoms with Crippen LogP contribution in [0.2, 0.25) is 0 Å². The van der Waals surface area contributed by atoms with Crippen LogP contribution in [0.5, 0.6) is 28.7 Å². The Bertz CT molecular complexity index is 5890. The van der Waals surface area contributed by atoms with Gasteiger partial charge in [-0.25, -0.2) is 71.7 Å². The third-order valence-corrected chi connectivity index (χ3v) is 19.6. The molecule has 5 heterocycles. The van der Waals surface area contributed by atoms with Gasteiger partial charge in [0.15, 0.2) is 5.82 Å². The van der Waals surface area contributed by atoms with Crippen LogP contribution in [-0.4, -0.2) is 114 Å². The fourth-order valence-corrected chi connectivity index (χ4v) is 13.1. The Morgan fingerprint density at radius 1 is 0.347 bits per heavy atom. The Balaban J connectivity index is 0.000000136. The summed E-state index contributed by atoms with van der Waals surface area (Å²) in [6, 6.07) is 71.5. The van der Waals surface area contributed by atoms with Crippen molar-refractivity contribution < 1.29 is 71.3 Å². The summed E-state index contributed by atoms with van der Waals surface area (Å²) in [6.45, 7) is 10.6. The van der Waals surface area contributed by atoms with Crippen LogP contribution < -0.4 is 23.7 Å². The van der Waals surface area contributed by atoms with Crippen molar-refractivity contribution in [2.24, 2.45) is 0 Å². The highest BCUT2D eigenvalue weighted by Gasteiger charge is 2.25. The smallest absolute Gasteiger partial charge is 0.420 e. The summed E-state index contributed by atoms with van der Waals surface area (Å²) >= 11 is 0. The zero-order valence-electron chi connectivity index (χ0n) is 67.4. The van der Waals surface area contributed by atoms with Gasteiger partial charge in [0.1, 0.15) is 85.6 Å². The maximum Gasteiger partial charge on any atom is 0.420 e. The molecule has 1 aliphatic carbocycles. The summed E-state index contributed by atoms with van der Waals surface area (Å²) in [7, 11) is 8.08. The Morgan fingerprint density at radius 2 is 0.737 bits per heavy atom. The van der Waals surface area contributed by atoms with Crippen molar-refractivity contribution in [3.63, 3.8) is 0 Å². The largest absolute Gasteiger partial charge is 0.497 e. The van der Waals surface area contributed by atoms with Crippen LogP contribution in [-0.2, 0) is 56.7 Å². The van der Waals surface area contributed by atoms with Crippen LogP contribution >= 0.6 is 0 Å². The molecule has 0 N–H and O–H groups in total. The number of carbonyl (C=O) groups excluding carboxylic acids is 5. The van der Waals surface area contributed by atoms with E-state index in [0.717, 1.165) is 142 Å². The Kier molecular flexibility index (Phi) is 28.2. The summed E-state index contributed by atoms with van der Waals surface area (Å²) in [5, 5.41) is 0. The van der Waals surface area contributed by atoms with Gasteiger partial charge in [0.05, 0.1) is 79.7 Å². The fraction of sp³-hybridized carbons (Fsp3) is 0.226. The first-order chi connectivity index (χ1) is 57.4. The Hall–Kier alpha value is -14.4. The molecular formula is C93H92N10O15. The zero-order valence-corrected chi connectivity index (χ0v) is 67.4. The van der Waals surface area contributed by atoms with E-state index in [1.165, 1.54) is 43.9 Å². The van der Waals surface area contributed by atoms with E-state index in [2.05, 4.69) is 24.9 Å². The summed E-state index contributed by atoms with van der Waals surface area (Å²) in [5.41, 5.74) is 14.8. The normalized spacial score (nSPS) is 11.6. The van der Waals surface area contributed by atoms with E-state index in [1.54, 1.807) is 66.4 Å². The lowest BCUT2D eigenvalue weighted by atomic mass is 9.89. The van der Waals surface area contributed by atoms with Gasteiger partial charge in [0.25, 0.3) is 0 Å². The molecule has 25 heteroatoms. The van der Waals surface area contributed by atoms with Crippen molar-refractivity contribution in [1.29, 1.82) is 0 Å². The van der Waals surface area contributed by atoms with E-state index in [4.69, 9.17) is 47.4 Å². The van der Waals surface area contributed by atoms with Crippen molar-refractivity contribution >= 4 is 74.6 Å². The predicted octanol–water partition coefficient (Wildman–Crippen LogP) is 20.3. The molecule has 10 aromatic carbocycles. The number of imidazole rings is 5. The molecule has 0 aliphatic heterocycles. The van der Waals surface area contributed by atoms with Gasteiger partial charge >= 0.3 is 30.5 Å². The van der Waals surface area contributed by atoms with E-state index in [0.29, 0.717) is 23.4 Å². The lowest BCUT2D eigenvalue weighted by molar-refractivity contribution is 0.139. The number of fused-ring (bicyclic) bond motifs is 4. The SMILES string of the molecule is COc1ccc(COC(=O)n2c(-c3ccccc3)nc3ccccc32)cc1.COc1ccc(COC(=O)n2c(C)nc3cc(C)c(C)cc32)cc1.COc1ccc(COC(=O)n2c(C)nc3ccccc32)cc1.COc1ccc(COC(=O)n2ccnc2C2CCCCC2)cc1.COc1ccc(COC(=O)n2cnc3cc(C)ccc32)cc1. The average Bonchev–Trinajstić information content (AvgIpc) is 1.64. The van der Waals surface area contributed by atoms with E-state index < -0.39 is 24.4 Å². The molecule has 0 unspecified atom stereocenters. The highest BCUT2D eigenvalue weighted by atomic mass is 16.6. The molecule has 0 radical (unpaired) electrons. The Labute approximate surface area is 682 Å². The molecule has 0 spiro atoms. The van der Waals surface area contributed by atoms with Crippen molar-refractivity contribution in [2.75, 3.05) is 35.5 Å². The van der Waals surface area contributed by atoms with Crippen LogP contribution in [0.15, 0.2) is 249 Å². The van der Waals surface area contributed by atoms with Crippen LogP contribution in [0.3, 0.4) is 0 Å². The lowest BCUT2D eigenvalue weighted by Gasteiger charge is -2.21. The minimum atomic E-state index is -0.460. The van der Waals surface area contributed by atoms with Gasteiger partial charge in [-0.2, -0.15) is 0 Å². The van der Waals surface area contributed by atoms with E-state index in [9.17, 15) is 24.0 Å². The molecule has 15 aromatic rings. The number of benzene rings is 10. The second kappa shape index (κ2) is 40.1. The molecule has 604 valence electrons. The number of para-hydroxylation sites is 4. The maximum atomic E-state index is 12.9. The number of nitrogens with zero attached hydrogens (tertiary/aromatic N) is 10. The van der Waals surface area contributed by atoms with E-state index in [1.807, 2.05) is 251 Å². The number of hydrogen-bond acceptors (Lipinski definition) is 20. The van der Waals surface area contributed by atoms with Crippen molar-refractivity contribution in [3.8, 4) is 40.1 Å². The second-order valence-corrected chi connectivity index (χ2v) is 27.6. The molecule has 16 rings (SSSR count). The highest BCUT2D eigenvalue weighted by Crippen LogP contribution is 2.33. The zero-order chi connectivity index (χ0) is 83.0. The minimum Gasteiger partial charge on any atom is -0.497 e. The third kappa shape index (κ3) is 21.1. The molecule has 1 saturated carbocycles. The molecule has 0 amide bonds. The van der Waals surface area contributed by atoms with Crippen molar-refractivity contribution in [2.45, 2.75) is 106 Å². The van der Waals surface area contributed by atoms with Gasteiger partial charge in [-0.05, 0) is 201 Å². The van der Waals surface area contributed by atoms with Gasteiger partial charge in [0, 0.05) is 23.9 Å². The monoisotopic (exact) mass is 1590 g/mol. The summed E-state index contributed by atoms with van der Waals surface area (Å²) < 4.78 is 60.2. The van der Waals surface area contributed by atoms with Gasteiger partial charge in [-0.3, -0.25) is 0 Å². The molecule has 1 fully saturated rings. The molecular weight excluding hydrogens is 1500 g/mol. The first kappa shape index (κ1) is 83.1. The number of aryl methyl sites for hydroxylation is 5. The second-order valence-electron chi connectivity index (χ2n) is 27.6. The lowest BCUT2D eigenvalue weighted by Crippen LogP contribution is -2.19. The number of aromatic nitrogens is 10. The van der Waals surface area contributed by atoms with E-state index in [-0.39, 0.29) is 39.1 Å². The average molecular weight is 1590 g/mol. The van der Waals surface area contributed by atoms with Crippen LogP contribution in [0.4, 0.5) is 24.0 Å². The highest BCUT2D eigenvalue weighted by molar-refractivity contribution is 5.93. The van der Waals surface area contributed by atoms with Crippen LogP contribution in [0.1, 0.15) is 100 Å². The van der Waals surface area contributed by atoms with Crippen LogP contribution in [0.25, 0.3) is 55.5 Å². The first-order valence-corrected chi connectivity index (χ1v) is 38.3. The molecule has 0 bridgehead atoms. The number of ether oxygens (including phenoxy) is 10. The summed E-state index contributed by atoms with van der Waals surface area (Å²) in [5.74, 6) is 6.86. The summed E-state index contributed by atoms with van der Waals surface area (Å²) in [4.78, 5) is 84.3. The number of rotatable bonds is 17. The molecule has 25 nitrogen and oxygen atoms in total. The van der Waals surface area contributed by atoms with Gasteiger partial charge in [-0.15, -0.1) is 0 Å². The third-order valence-electron chi connectivity index (χ3n) is 19.6. The topological polar surface area (TPSA) is 267 Å². The van der Waals surface area contributed by atoms with Crippen molar-refractivity contribution in [3.05, 3.63) is 311 Å². The fourth-order valence-electron chi connectivity index (χ4n) is 13.1. The van der Waals surface area contributed by atoms with E-state index >= 15 is 0 Å². The van der Waals surface area contributed by atoms with Crippen LogP contribution in [0, 0.1) is 34.6 Å². The molecule has 5 aromatic heterocycles. The van der Waals surface area contributed by atoms with Gasteiger partial charge < -0.3 is 47.4 Å². The predicted molar refractivity (Wildman–Crippen MR) is 449 cm³/mol. The molecule has 1 aliphatic rings. The Morgan fingerprint density at radius 3 is 1.20 bits per heavy atom. The van der Waals surface area contributed by atoms with Gasteiger partial charge in [-0.1, -0.05) is 141 Å². The van der Waals surface area contributed by atoms with Crippen molar-refractivity contribution in [1.82, 2.24) is 47.8 Å². The minimum absolute atomic E-state index is 0.170. The quantitative estimate of drug-likeness (QED) is 0.0767. The number of carbonyl (C=O) groups is 5. The summed E-state index contributed by atoms with van der Waals surface area (Å²) in [6.07, 6.45) is 8.64. The maximum absolute atomic E-state index is 12.9. The first-order valence-electron chi connectivity index (χ1n) is 38.3. The molecule has 0 atom stereocenters. The molecule has 118 heavy (non-hydrogen) atoms.